The Morgan fingerprint density at radius 1 is 1.06 bits per heavy atom. The molecule has 6 nitrogen and oxygen atoms in total. The van der Waals surface area contributed by atoms with Crippen LogP contribution in [-0.2, 0) is 11.8 Å². The van der Waals surface area contributed by atoms with Gasteiger partial charge in [-0.1, -0.05) is 30.3 Å². The van der Waals surface area contributed by atoms with Gasteiger partial charge in [0.2, 0.25) is 5.78 Å². The van der Waals surface area contributed by atoms with Crippen LogP contribution in [0.25, 0.3) is 17.0 Å². The van der Waals surface area contributed by atoms with Crippen LogP contribution in [0.2, 0.25) is 0 Å². The van der Waals surface area contributed by atoms with Crippen LogP contribution in [0.1, 0.15) is 26.9 Å². The predicted octanol–water partition coefficient (Wildman–Crippen LogP) is 5.69. The number of carbonyl (C=O) groups excluding carboxylic acids is 2. The fraction of sp³-hybridized carbons (Fsp3) is 0.111. The number of allylic oxidation sites excluding steroid dienone is 1. The van der Waals surface area contributed by atoms with Gasteiger partial charge in [-0.05, 0) is 42.0 Å². The maximum atomic E-state index is 12.9. The van der Waals surface area contributed by atoms with Crippen LogP contribution in [0.3, 0.4) is 0 Å². The molecular formula is C27H20ClNO5. The van der Waals surface area contributed by atoms with Crippen molar-refractivity contribution in [2.75, 3.05) is 7.11 Å². The summed E-state index contributed by atoms with van der Waals surface area (Å²) in [5.74, 6) is 0.623. The van der Waals surface area contributed by atoms with Crippen molar-refractivity contribution in [3.63, 3.8) is 0 Å². The molecule has 3 aromatic carbocycles. The average molecular weight is 474 g/mol. The summed E-state index contributed by atoms with van der Waals surface area (Å²) in [6, 6.07) is 19.4. The number of hydrogen-bond acceptors (Lipinski definition) is 5. The molecule has 0 radical (unpaired) electrons. The number of methoxy groups -OCH3 is 1. The van der Waals surface area contributed by atoms with Crippen molar-refractivity contribution in [2.24, 2.45) is 7.05 Å². The van der Waals surface area contributed by atoms with Crippen LogP contribution in [-0.4, -0.2) is 23.4 Å². The van der Waals surface area contributed by atoms with E-state index in [9.17, 15) is 9.59 Å². The number of ether oxygens (including phenoxy) is 3. The summed E-state index contributed by atoms with van der Waals surface area (Å²) in [5.41, 5.74) is 2.86. The zero-order valence-corrected chi connectivity index (χ0v) is 19.2. The van der Waals surface area contributed by atoms with Crippen LogP contribution in [0.5, 0.6) is 17.2 Å². The molecule has 1 unspecified atom stereocenters. The van der Waals surface area contributed by atoms with E-state index in [2.05, 4.69) is 0 Å². The fourth-order valence-electron chi connectivity index (χ4n) is 3.94. The Kier molecular flexibility index (Phi) is 5.59. The molecule has 7 heteroatoms. The molecule has 170 valence electrons. The number of nitrogens with zero attached hydrogens (tertiary/aromatic N) is 1. The standard InChI is InChI=1S/C27H20ClNO5/c1-29-15-17(21-13-18(32-2)9-11-22(21)29)12-24-26(30)20-10-8-19(14-23(20)34-24)33-27(31)25(28)16-6-4-3-5-7-16/h3-15,25H,1-2H3/b24-12-. The highest BCUT2D eigenvalue weighted by Gasteiger charge is 2.29. The van der Waals surface area contributed by atoms with Gasteiger partial charge < -0.3 is 18.8 Å². The van der Waals surface area contributed by atoms with E-state index in [0.717, 1.165) is 22.2 Å². The van der Waals surface area contributed by atoms with Gasteiger partial charge in [0.05, 0.1) is 12.7 Å². The summed E-state index contributed by atoms with van der Waals surface area (Å²) in [7, 11) is 3.54. The summed E-state index contributed by atoms with van der Waals surface area (Å²) < 4.78 is 18.6. The number of benzene rings is 3. The Bertz CT molecular complexity index is 1450. The number of aryl methyl sites for hydroxylation is 1. The molecule has 34 heavy (non-hydrogen) atoms. The van der Waals surface area contributed by atoms with E-state index >= 15 is 0 Å². The highest BCUT2D eigenvalue weighted by Crippen LogP contribution is 2.36. The number of esters is 1. The van der Waals surface area contributed by atoms with Gasteiger partial charge in [-0.2, -0.15) is 0 Å². The Morgan fingerprint density at radius 2 is 1.82 bits per heavy atom. The molecule has 0 N–H and O–H groups in total. The Balaban J connectivity index is 1.40. The normalized spacial score (nSPS) is 14.7. The van der Waals surface area contributed by atoms with E-state index in [1.807, 2.05) is 42.1 Å². The van der Waals surface area contributed by atoms with E-state index in [1.165, 1.54) is 6.07 Å². The first kappa shape index (κ1) is 21.8. The van der Waals surface area contributed by atoms with Gasteiger partial charge in [-0.3, -0.25) is 4.79 Å². The third-order valence-electron chi connectivity index (χ3n) is 5.67. The highest BCUT2D eigenvalue weighted by atomic mass is 35.5. The SMILES string of the molecule is COc1ccc2c(c1)c(/C=C1\Oc3cc(OC(=O)C(Cl)c4ccccc4)ccc3C1=O)cn2C. The minimum atomic E-state index is -0.948. The number of Topliss-reactive ketones (excluding diaryl/α,β-unsaturated/α-hetero) is 1. The van der Waals surface area contributed by atoms with Gasteiger partial charge in [-0.15, -0.1) is 11.6 Å². The molecule has 1 aromatic heterocycles. The zero-order chi connectivity index (χ0) is 23.8. The van der Waals surface area contributed by atoms with Gasteiger partial charge in [0.25, 0.3) is 0 Å². The maximum absolute atomic E-state index is 12.9. The monoisotopic (exact) mass is 473 g/mol. The Labute approximate surface area is 200 Å². The van der Waals surface area contributed by atoms with E-state index < -0.39 is 11.3 Å². The third-order valence-corrected chi connectivity index (χ3v) is 6.10. The topological polar surface area (TPSA) is 66.8 Å². The van der Waals surface area contributed by atoms with Crippen molar-refractivity contribution >= 4 is 40.3 Å². The second kappa shape index (κ2) is 8.72. The van der Waals surface area contributed by atoms with Crippen LogP contribution in [0.15, 0.2) is 78.7 Å². The lowest BCUT2D eigenvalue weighted by molar-refractivity contribution is -0.134. The first-order valence-electron chi connectivity index (χ1n) is 10.6. The summed E-state index contributed by atoms with van der Waals surface area (Å²) in [5, 5.41) is -0.0128. The molecule has 0 spiro atoms. The van der Waals surface area contributed by atoms with Gasteiger partial charge in [0.1, 0.15) is 17.2 Å². The lowest BCUT2D eigenvalue weighted by Gasteiger charge is -2.10. The summed E-state index contributed by atoms with van der Waals surface area (Å²) in [6.45, 7) is 0. The van der Waals surface area contributed by atoms with E-state index in [0.29, 0.717) is 16.9 Å². The van der Waals surface area contributed by atoms with Crippen molar-refractivity contribution in [3.05, 3.63) is 95.4 Å². The first-order valence-corrected chi connectivity index (χ1v) is 11.0. The molecule has 0 fully saturated rings. The van der Waals surface area contributed by atoms with Crippen molar-refractivity contribution in [2.45, 2.75) is 5.38 Å². The van der Waals surface area contributed by atoms with Gasteiger partial charge in [-0.25, -0.2) is 4.79 Å². The molecule has 4 aromatic rings. The summed E-state index contributed by atoms with van der Waals surface area (Å²) in [6.07, 6.45) is 3.63. The number of ketones is 1. The minimum Gasteiger partial charge on any atom is -0.497 e. The molecule has 1 aliphatic heterocycles. The zero-order valence-electron chi connectivity index (χ0n) is 18.4. The largest absolute Gasteiger partial charge is 0.497 e. The molecule has 1 atom stereocenters. The van der Waals surface area contributed by atoms with Crippen molar-refractivity contribution in [1.29, 1.82) is 0 Å². The molecule has 2 heterocycles. The summed E-state index contributed by atoms with van der Waals surface area (Å²) >= 11 is 6.25. The lowest BCUT2D eigenvalue weighted by Crippen LogP contribution is -2.14. The number of hydrogen-bond donors (Lipinski definition) is 0. The fourth-order valence-corrected chi connectivity index (χ4v) is 4.13. The Hall–Kier alpha value is -4.03. The van der Waals surface area contributed by atoms with E-state index in [-0.39, 0.29) is 17.3 Å². The molecule has 0 saturated heterocycles. The molecule has 0 amide bonds. The minimum absolute atomic E-state index is 0.188. The number of rotatable bonds is 5. The average Bonchev–Trinajstić information content (AvgIpc) is 3.34. The van der Waals surface area contributed by atoms with Gasteiger partial charge in [0, 0.05) is 35.8 Å². The number of alkyl halides is 1. The third kappa shape index (κ3) is 3.93. The number of halogens is 1. The van der Waals surface area contributed by atoms with E-state index in [1.54, 1.807) is 49.6 Å². The number of carbonyl (C=O) groups is 2. The smallest absolute Gasteiger partial charge is 0.334 e. The highest BCUT2D eigenvalue weighted by molar-refractivity contribution is 6.30. The van der Waals surface area contributed by atoms with Crippen LogP contribution in [0.4, 0.5) is 0 Å². The predicted molar refractivity (Wildman–Crippen MR) is 130 cm³/mol. The summed E-state index contributed by atoms with van der Waals surface area (Å²) in [4.78, 5) is 25.4. The van der Waals surface area contributed by atoms with Crippen molar-refractivity contribution in [3.8, 4) is 17.2 Å². The van der Waals surface area contributed by atoms with Crippen LogP contribution < -0.4 is 14.2 Å². The Morgan fingerprint density at radius 3 is 2.59 bits per heavy atom. The molecular weight excluding hydrogens is 454 g/mol. The van der Waals surface area contributed by atoms with Crippen LogP contribution >= 0.6 is 11.6 Å². The number of fused-ring (bicyclic) bond motifs is 2. The van der Waals surface area contributed by atoms with Crippen molar-refractivity contribution < 1.29 is 23.8 Å². The molecule has 0 bridgehead atoms. The van der Waals surface area contributed by atoms with Gasteiger partial charge >= 0.3 is 5.97 Å². The molecule has 0 saturated carbocycles. The second-order valence-corrected chi connectivity index (χ2v) is 8.31. The van der Waals surface area contributed by atoms with Crippen LogP contribution in [0, 0.1) is 0 Å². The molecule has 5 rings (SSSR count). The quantitative estimate of drug-likeness (QED) is 0.161. The van der Waals surface area contributed by atoms with Crippen molar-refractivity contribution in [1.82, 2.24) is 4.57 Å². The molecule has 0 aliphatic carbocycles. The molecule has 1 aliphatic rings. The second-order valence-electron chi connectivity index (χ2n) is 7.87. The van der Waals surface area contributed by atoms with E-state index in [4.69, 9.17) is 25.8 Å². The maximum Gasteiger partial charge on any atom is 0.334 e. The number of aromatic nitrogens is 1. The lowest BCUT2D eigenvalue weighted by atomic mass is 10.1. The van der Waals surface area contributed by atoms with Gasteiger partial charge in [0.15, 0.2) is 11.1 Å². The first-order chi connectivity index (χ1) is 16.4.